The molecule has 4 N–H and O–H groups in total. The fraction of sp³-hybridized carbons (Fsp3) is 0. The number of nitrogens with zero attached hydrogens (tertiary/aromatic N) is 4. The van der Waals surface area contributed by atoms with Crippen LogP contribution in [0.25, 0.3) is 17.2 Å². The zero-order valence-corrected chi connectivity index (χ0v) is 11.0. The van der Waals surface area contributed by atoms with Crippen LogP contribution in [-0.4, -0.2) is 25.7 Å². The molecule has 1 aromatic carbocycles. The van der Waals surface area contributed by atoms with Crippen LogP contribution in [0.4, 0.5) is 5.69 Å². The SMILES string of the molecule is NC(=O)c1cccc(-n2cnc(-c3ccc(N)cc3)n2)n1. The number of amides is 1. The van der Waals surface area contributed by atoms with E-state index in [0.717, 1.165) is 5.56 Å². The summed E-state index contributed by atoms with van der Waals surface area (Å²) in [5, 5.41) is 4.33. The van der Waals surface area contributed by atoms with Gasteiger partial charge in [-0.25, -0.2) is 14.6 Å². The van der Waals surface area contributed by atoms with Crippen LogP contribution in [0.2, 0.25) is 0 Å². The Kier molecular flexibility index (Phi) is 3.07. The van der Waals surface area contributed by atoms with Gasteiger partial charge in [0.1, 0.15) is 12.0 Å². The van der Waals surface area contributed by atoms with Crippen molar-refractivity contribution in [3.05, 3.63) is 54.5 Å². The molecule has 7 heteroatoms. The summed E-state index contributed by atoms with van der Waals surface area (Å²) >= 11 is 0. The molecule has 1 amide bonds. The second kappa shape index (κ2) is 5.04. The molecule has 0 atom stereocenters. The molecule has 2 heterocycles. The number of hydrogen-bond acceptors (Lipinski definition) is 5. The van der Waals surface area contributed by atoms with Gasteiger partial charge in [0.05, 0.1) is 0 Å². The van der Waals surface area contributed by atoms with Gasteiger partial charge < -0.3 is 11.5 Å². The molecule has 0 aliphatic carbocycles. The fourth-order valence-electron chi connectivity index (χ4n) is 1.83. The molecule has 3 rings (SSSR count). The molecule has 0 bridgehead atoms. The molecule has 0 aliphatic rings. The fourth-order valence-corrected chi connectivity index (χ4v) is 1.83. The van der Waals surface area contributed by atoms with Crippen molar-refractivity contribution in [1.82, 2.24) is 19.7 Å². The molecular weight excluding hydrogens is 268 g/mol. The molecule has 0 saturated heterocycles. The first kappa shape index (κ1) is 12.8. The van der Waals surface area contributed by atoms with Gasteiger partial charge in [-0.05, 0) is 36.4 Å². The third kappa shape index (κ3) is 2.57. The summed E-state index contributed by atoms with van der Waals surface area (Å²) in [6, 6.07) is 12.2. The first-order chi connectivity index (χ1) is 10.1. The number of pyridine rings is 1. The Morgan fingerprint density at radius 1 is 1.10 bits per heavy atom. The monoisotopic (exact) mass is 280 g/mol. The molecule has 0 aliphatic heterocycles. The van der Waals surface area contributed by atoms with Crippen LogP contribution in [0.3, 0.4) is 0 Å². The number of primary amides is 1. The first-order valence-electron chi connectivity index (χ1n) is 6.18. The van der Waals surface area contributed by atoms with Gasteiger partial charge >= 0.3 is 0 Å². The van der Waals surface area contributed by atoms with Crippen molar-refractivity contribution in [3.8, 4) is 17.2 Å². The van der Waals surface area contributed by atoms with E-state index in [9.17, 15) is 4.79 Å². The summed E-state index contributed by atoms with van der Waals surface area (Å²) in [5.41, 5.74) is 12.6. The minimum atomic E-state index is -0.587. The number of aromatic nitrogens is 4. The molecule has 7 nitrogen and oxygen atoms in total. The third-order valence-electron chi connectivity index (χ3n) is 2.88. The van der Waals surface area contributed by atoms with Crippen LogP contribution in [0.1, 0.15) is 10.5 Å². The number of hydrogen-bond donors (Lipinski definition) is 2. The number of rotatable bonds is 3. The van der Waals surface area contributed by atoms with Crippen LogP contribution in [0.15, 0.2) is 48.8 Å². The van der Waals surface area contributed by atoms with Gasteiger partial charge in [-0.15, -0.1) is 5.10 Å². The molecule has 3 aromatic rings. The summed E-state index contributed by atoms with van der Waals surface area (Å²) in [6.45, 7) is 0. The zero-order valence-electron chi connectivity index (χ0n) is 11.0. The van der Waals surface area contributed by atoms with E-state index in [1.54, 1.807) is 30.3 Å². The summed E-state index contributed by atoms with van der Waals surface area (Å²) in [7, 11) is 0. The number of nitrogens with two attached hydrogens (primary N) is 2. The van der Waals surface area contributed by atoms with Gasteiger partial charge in [-0.2, -0.15) is 0 Å². The maximum Gasteiger partial charge on any atom is 0.267 e. The van der Waals surface area contributed by atoms with Crippen molar-refractivity contribution in [2.75, 3.05) is 5.73 Å². The number of benzene rings is 1. The predicted molar refractivity (Wildman–Crippen MR) is 77.5 cm³/mol. The van der Waals surface area contributed by atoms with Gasteiger partial charge in [0.15, 0.2) is 11.6 Å². The number of carbonyl (C=O) groups excluding carboxylic acids is 1. The average molecular weight is 280 g/mol. The van der Waals surface area contributed by atoms with E-state index in [4.69, 9.17) is 11.5 Å². The first-order valence-corrected chi connectivity index (χ1v) is 6.18. The van der Waals surface area contributed by atoms with E-state index in [1.807, 2.05) is 12.1 Å². The standard InChI is InChI=1S/C14H12N6O/c15-10-6-4-9(5-7-10)14-17-8-20(19-14)12-3-1-2-11(18-12)13(16)21/h1-8H,15H2,(H2,16,21). The van der Waals surface area contributed by atoms with Gasteiger partial charge in [-0.1, -0.05) is 6.07 Å². The summed E-state index contributed by atoms with van der Waals surface area (Å²) < 4.78 is 1.48. The lowest BCUT2D eigenvalue weighted by Crippen LogP contribution is -2.14. The Bertz CT molecular complexity index is 793. The van der Waals surface area contributed by atoms with Gasteiger partial charge in [0.25, 0.3) is 5.91 Å². The molecule has 0 radical (unpaired) electrons. The van der Waals surface area contributed by atoms with Crippen molar-refractivity contribution in [3.63, 3.8) is 0 Å². The van der Waals surface area contributed by atoms with Crippen molar-refractivity contribution in [2.45, 2.75) is 0 Å². The second-order valence-electron chi connectivity index (χ2n) is 4.38. The molecular formula is C14H12N6O. The van der Waals surface area contributed by atoms with Crippen molar-refractivity contribution in [1.29, 1.82) is 0 Å². The Morgan fingerprint density at radius 3 is 2.57 bits per heavy atom. The van der Waals surface area contributed by atoms with Crippen LogP contribution >= 0.6 is 0 Å². The smallest absolute Gasteiger partial charge is 0.267 e. The Morgan fingerprint density at radius 2 is 1.86 bits per heavy atom. The van der Waals surface area contributed by atoms with E-state index in [1.165, 1.54) is 11.0 Å². The minimum Gasteiger partial charge on any atom is -0.399 e. The molecule has 2 aromatic heterocycles. The zero-order chi connectivity index (χ0) is 14.8. The average Bonchev–Trinajstić information content (AvgIpc) is 2.98. The molecule has 0 spiro atoms. The third-order valence-corrected chi connectivity index (χ3v) is 2.88. The maximum absolute atomic E-state index is 11.1. The summed E-state index contributed by atoms with van der Waals surface area (Å²) in [4.78, 5) is 19.5. The van der Waals surface area contributed by atoms with E-state index in [0.29, 0.717) is 17.3 Å². The van der Waals surface area contributed by atoms with Crippen molar-refractivity contribution < 1.29 is 4.79 Å². The normalized spacial score (nSPS) is 10.5. The van der Waals surface area contributed by atoms with E-state index < -0.39 is 5.91 Å². The Balaban J connectivity index is 1.96. The summed E-state index contributed by atoms with van der Waals surface area (Å²) in [6.07, 6.45) is 1.53. The van der Waals surface area contributed by atoms with Crippen LogP contribution in [-0.2, 0) is 0 Å². The lowest BCUT2D eigenvalue weighted by atomic mass is 10.2. The van der Waals surface area contributed by atoms with Crippen LogP contribution in [0, 0.1) is 0 Å². The van der Waals surface area contributed by atoms with Crippen molar-refractivity contribution >= 4 is 11.6 Å². The Hall–Kier alpha value is -3.22. The molecule has 0 unspecified atom stereocenters. The van der Waals surface area contributed by atoms with Gasteiger partial charge in [0, 0.05) is 11.3 Å². The maximum atomic E-state index is 11.1. The molecule has 0 saturated carbocycles. The highest BCUT2D eigenvalue weighted by Crippen LogP contribution is 2.17. The second-order valence-corrected chi connectivity index (χ2v) is 4.38. The largest absolute Gasteiger partial charge is 0.399 e. The summed E-state index contributed by atoms with van der Waals surface area (Å²) in [5.74, 6) is 0.428. The Labute approximate surface area is 120 Å². The molecule has 21 heavy (non-hydrogen) atoms. The molecule has 0 fully saturated rings. The van der Waals surface area contributed by atoms with Crippen LogP contribution in [0.5, 0.6) is 0 Å². The van der Waals surface area contributed by atoms with Crippen LogP contribution < -0.4 is 11.5 Å². The quantitative estimate of drug-likeness (QED) is 0.695. The number of nitrogen functional groups attached to an aromatic ring is 1. The van der Waals surface area contributed by atoms with E-state index >= 15 is 0 Å². The topological polar surface area (TPSA) is 113 Å². The predicted octanol–water partition coefficient (Wildman–Crippen LogP) is 1.01. The number of carbonyl (C=O) groups is 1. The van der Waals surface area contributed by atoms with Crippen molar-refractivity contribution in [2.24, 2.45) is 5.73 Å². The van der Waals surface area contributed by atoms with Gasteiger partial charge in [-0.3, -0.25) is 4.79 Å². The highest BCUT2D eigenvalue weighted by molar-refractivity contribution is 5.90. The minimum absolute atomic E-state index is 0.178. The lowest BCUT2D eigenvalue weighted by Gasteiger charge is -2.01. The highest BCUT2D eigenvalue weighted by atomic mass is 16.1. The van der Waals surface area contributed by atoms with E-state index in [-0.39, 0.29) is 5.69 Å². The van der Waals surface area contributed by atoms with E-state index in [2.05, 4.69) is 15.1 Å². The van der Waals surface area contributed by atoms with Gasteiger partial charge in [0.2, 0.25) is 0 Å². The molecule has 104 valence electrons. The lowest BCUT2D eigenvalue weighted by molar-refractivity contribution is 0.0995. The highest BCUT2D eigenvalue weighted by Gasteiger charge is 2.08. The number of anilines is 1.